The Bertz CT molecular complexity index is 448. The Hall–Kier alpha value is -0.980. The molecule has 0 spiro atoms. The van der Waals surface area contributed by atoms with Gasteiger partial charge in [0.1, 0.15) is 6.61 Å². The van der Waals surface area contributed by atoms with Gasteiger partial charge >= 0.3 is 12.1 Å². The maximum atomic E-state index is 12.7. The van der Waals surface area contributed by atoms with Crippen molar-refractivity contribution in [3.63, 3.8) is 0 Å². The highest BCUT2D eigenvalue weighted by atomic mass is 35.5. The monoisotopic (exact) mass is 302 g/mol. The van der Waals surface area contributed by atoms with Crippen molar-refractivity contribution in [2.24, 2.45) is 0 Å². The van der Waals surface area contributed by atoms with Crippen LogP contribution in [0.3, 0.4) is 0 Å². The molecule has 0 bridgehead atoms. The molecule has 1 aromatic carbocycles. The van der Waals surface area contributed by atoms with Crippen LogP contribution in [0.2, 0.25) is 10.0 Å². The molecule has 18 heavy (non-hydrogen) atoms. The first kappa shape index (κ1) is 15.1. The number of hydrogen-bond acceptors (Lipinski definition) is 2. The average Bonchev–Trinajstić information content (AvgIpc) is 2.21. The molecule has 100 valence electrons. The summed E-state index contributed by atoms with van der Waals surface area (Å²) < 4.78 is 42.4. The van der Waals surface area contributed by atoms with Crippen LogP contribution in [0.5, 0.6) is 0 Å². The largest absolute Gasteiger partial charge is 0.480 e. The Balaban J connectivity index is 3.02. The number of carboxylic acid groups (broad SMARTS) is 1. The van der Waals surface area contributed by atoms with Crippen LogP contribution in [0.25, 0.3) is 0 Å². The first-order valence-corrected chi connectivity index (χ1v) is 5.32. The minimum Gasteiger partial charge on any atom is -0.480 e. The molecule has 1 atom stereocenters. The van der Waals surface area contributed by atoms with E-state index in [9.17, 15) is 18.0 Å². The number of benzene rings is 1. The fourth-order valence-electron chi connectivity index (χ4n) is 1.21. The summed E-state index contributed by atoms with van der Waals surface area (Å²) in [7, 11) is 0. The maximum Gasteiger partial charge on any atom is 0.418 e. The summed E-state index contributed by atoms with van der Waals surface area (Å²) in [5, 5.41) is 8.36. The van der Waals surface area contributed by atoms with Crippen molar-refractivity contribution in [1.82, 2.24) is 0 Å². The van der Waals surface area contributed by atoms with Crippen molar-refractivity contribution in [3.8, 4) is 0 Å². The van der Waals surface area contributed by atoms with Gasteiger partial charge in [0.15, 0.2) is 6.10 Å². The van der Waals surface area contributed by atoms with Gasteiger partial charge in [-0.25, -0.2) is 4.79 Å². The number of carbonyl (C=O) groups is 1. The quantitative estimate of drug-likeness (QED) is 0.922. The summed E-state index contributed by atoms with van der Waals surface area (Å²) in [5.74, 6) is -1.50. The molecule has 0 radical (unpaired) electrons. The Morgan fingerprint density at radius 2 is 1.94 bits per heavy atom. The van der Waals surface area contributed by atoms with E-state index in [2.05, 4.69) is 4.74 Å². The summed E-state index contributed by atoms with van der Waals surface area (Å²) in [6, 6.07) is 3.25. The maximum absolute atomic E-state index is 12.7. The second-order valence-corrected chi connectivity index (χ2v) is 4.11. The van der Waals surface area contributed by atoms with Gasteiger partial charge in [0, 0.05) is 0 Å². The number of hydrogen-bond donors (Lipinski definition) is 1. The number of aliphatic carboxylic acids is 1. The van der Waals surface area contributed by atoms with Crippen LogP contribution >= 0.6 is 23.2 Å². The fraction of sp³-hybridized carbons (Fsp3) is 0.300. The number of rotatable bonds is 4. The van der Waals surface area contributed by atoms with Crippen molar-refractivity contribution in [2.45, 2.75) is 12.3 Å². The highest BCUT2D eigenvalue weighted by Crippen LogP contribution is 2.37. The van der Waals surface area contributed by atoms with E-state index in [-0.39, 0.29) is 15.6 Å². The molecule has 0 saturated heterocycles. The molecular formula is C10H7Cl2F3O3. The van der Waals surface area contributed by atoms with E-state index in [4.69, 9.17) is 28.3 Å². The van der Waals surface area contributed by atoms with E-state index < -0.39 is 24.9 Å². The number of ether oxygens (including phenoxy) is 1. The highest BCUT2D eigenvalue weighted by Gasteiger charge is 2.42. The summed E-state index contributed by atoms with van der Waals surface area (Å²) in [5.41, 5.74) is -0.307. The molecule has 0 aromatic heterocycles. The van der Waals surface area contributed by atoms with E-state index in [0.29, 0.717) is 0 Å². The van der Waals surface area contributed by atoms with Gasteiger partial charge < -0.3 is 9.84 Å². The third-order valence-corrected chi connectivity index (χ3v) is 2.66. The van der Waals surface area contributed by atoms with Crippen molar-refractivity contribution < 1.29 is 27.8 Å². The molecule has 0 aliphatic heterocycles. The van der Waals surface area contributed by atoms with E-state index in [1.54, 1.807) is 0 Å². The lowest BCUT2D eigenvalue weighted by atomic mass is 10.1. The van der Waals surface area contributed by atoms with Crippen LogP contribution in [-0.4, -0.2) is 23.9 Å². The van der Waals surface area contributed by atoms with Crippen LogP contribution in [0, 0.1) is 0 Å². The third kappa shape index (κ3) is 4.04. The Morgan fingerprint density at radius 3 is 2.39 bits per heavy atom. The summed E-state index contributed by atoms with van der Waals surface area (Å²) in [6.45, 7) is -1.07. The van der Waals surface area contributed by atoms with E-state index in [0.717, 1.165) is 12.1 Å². The molecule has 0 aliphatic carbocycles. The molecule has 0 heterocycles. The van der Waals surface area contributed by atoms with Gasteiger partial charge in [-0.1, -0.05) is 29.3 Å². The molecule has 1 N–H and O–H groups in total. The second-order valence-electron chi connectivity index (χ2n) is 3.30. The number of alkyl halides is 3. The van der Waals surface area contributed by atoms with Crippen molar-refractivity contribution in [3.05, 3.63) is 33.8 Å². The van der Waals surface area contributed by atoms with Gasteiger partial charge in [0.25, 0.3) is 0 Å². The lowest BCUT2D eigenvalue weighted by molar-refractivity contribution is -0.225. The predicted molar refractivity (Wildman–Crippen MR) is 58.8 cm³/mol. The Kier molecular flexibility index (Phi) is 4.84. The smallest absolute Gasteiger partial charge is 0.418 e. The van der Waals surface area contributed by atoms with Gasteiger partial charge in [-0.05, 0) is 17.7 Å². The molecule has 1 rings (SSSR count). The van der Waals surface area contributed by atoms with E-state index in [1.807, 2.05) is 0 Å². The minimum absolute atomic E-state index is 0.0673. The number of halogens is 5. The lowest BCUT2D eigenvalue weighted by Crippen LogP contribution is -2.26. The summed E-state index contributed by atoms with van der Waals surface area (Å²) in [4.78, 5) is 10.2. The molecule has 0 fully saturated rings. The zero-order valence-electron chi connectivity index (χ0n) is 8.67. The van der Waals surface area contributed by atoms with E-state index >= 15 is 0 Å². The highest BCUT2D eigenvalue weighted by molar-refractivity contribution is 6.42. The fourth-order valence-corrected chi connectivity index (χ4v) is 1.52. The zero-order valence-corrected chi connectivity index (χ0v) is 10.2. The van der Waals surface area contributed by atoms with Crippen LogP contribution in [-0.2, 0) is 9.53 Å². The standard InChI is InChI=1S/C10H7Cl2F3O3/c11-6-2-1-5(3-7(6)12)9(10(13,14)15)18-4-8(16)17/h1-3,9H,4H2,(H,16,17)/t9-/m1/s1. The normalized spacial score (nSPS) is 13.4. The predicted octanol–water partition coefficient (Wildman–Crippen LogP) is 3.70. The molecule has 0 aliphatic rings. The number of carboxylic acids is 1. The van der Waals surface area contributed by atoms with Crippen LogP contribution in [0.15, 0.2) is 18.2 Å². The Labute approximate surface area is 110 Å². The van der Waals surface area contributed by atoms with Crippen LogP contribution in [0.4, 0.5) is 13.2 Å². The summed E-state index contributed by atoms with van der Waals surface area (Å²) >= 11 is 11.2. The molecule has 0 unspecified atom stereocenters. The van der Waals surface area contributed by atoms with Crippen molar-refractivity contribution in [1.29, 1.82) is 0 Å². The van der Waals surface area contributed by atoms with E-state index in [1.165, 1.54) is 6.07 Å². The zero-order chi connectivity index (χ0) is 13.9. The molecule has 1 aromatic rings. The topological polar surface area (TPSA) is 46.5 Å². The van der Waals surface area contributed by atoms with Crippen LogP contribution in [0.1, 0.15) is 11.7 Å². The van der Waals surface area contributed by atoms with Crippen molar-refractivity contribution in [2.75, 3.05) is 6.61 Å². The molecule has 3 nitrogen and oxygen atoms in total. The molecule has 8 heteroatoms. The first-order valence-electron chi connectivity index (χ1n) is 4.57. The van der Waals surface area contributed by atoms with Gasteiger partial charge in [0.2, 0.25) is 0 Å². The molecule has 0 amide bonds. The minimum atomic E-state index is -4.74. The van der Waals surface area contributed by atoms with Crippen LogP contribution < -0.4 is 0 Å². The first-order chi connectivity index (χ1) is 8.21. The SMILES string of the molecule is O=C(O)CO[C@H](c1ccc(Cl)c(Cl)c1)C(F)(F)F. The third-order valence-electron chi connectivity index (χ3n) is 1.92. The van der Waals surface area contributed by atoms with Gasteiger partial charge in [0.05, 0.1) is 10.0 Å². The second kappa shape index (κ2) is 5.77. The Morgan fingerprint density at radius 1 is 1.33 bits per heavy atom. The van der Waals surface area contributed by atoms with Gasteiger partial charge in [-0.15, -0.1) is 0 Å². The van der Waals surface area contributed by atoms with Gasteiger partial charge in [-0.3, -0.25) is 0 Å². The van der Waals surface area contributed by atoms with Crippen molar-refractivity contribution >= 4 is 29.2 Å². The average molecular weight is 303 g/mol. The summed E-state index contributed by atoms with van der Waals surface area (Å²) in [6.07, 6.45) is -7.10. The molecule has 0 saturated carbocycles. The van der Waals surface area contributed by atoms with Gasteiger partial charge in [-0.2, -0.15) is 13.2 Å². The lowest BCUT2D eigenvalue weighted by Gasteiger charge is -2.20. The molecular weight excluding hydrogens is 296 g/mol.